The number of nitrogens with zero attached hydrogens (tertiary/aromatic N) is 7. The second kappa shape index (κ2) is 11.9. The third-order valence-electron chi connectivity index (χ3n) is 7.01. The van der Waals surface area contributed by atoms with Crippen LogP contribution in [-0.2, 0) is 11.3 Å². The molecule has 1 aromatic carbocycles. The first-order valence-electron chi connectivity index (χ1n) is 13.8. The quantitative estimate of drug-likeness (QED) is 0.462. The molecule has 1 amide bonds. The lowest BCUT2D eigenvalue weighted by Crippen LogP contribution is -2.51. The molecule has 1 aliphatic rings. The number of likely N-dealkylation sites (N-methyl/N-ethyl adjacent to an activating group) is 1. The molecule has 10 heteroatoms. The van der Waals surface area contributed by atoms with E-state index in [-0.39, 0.29) is 12.1 Å². The van der Waals surface area contributed by atoms with Crippen LogP contribution in [0.2, 0.25) is 0 Å². The van der Waals surface area contributed by atoms with E-state index in [4.69, 9.17) is 14.8 Å². The third-order valence-corrected chi connectivity index (χ3v) is 7.01. The van der Waals surface area contributed by atoms with E-state index in [1.165, 1.54) is 0 Å². The van der Waals surface area contributed by atoms with Crippen molar-refractivity contribution in [1.82, 2.24) is 34.4 Å². The molecular weight excluding hydrogens is 492 g/mol. The van der Waals surface area contributed by atoms with E-state index in [9.17, 15) is 4.79 Å². The SMILES string of the molecule is Cc1nn(CCN(C)C)c(C)c1-c1cccc2c(N[C@@H](C)CN3CCN(C(=O)OC(C)(C)C)CC3)ncnc12. The number of para-hydroxylation sites is 1. The number of hydrogen-bond acceptors (Lipinski definition) is 8. The van der Waals surface area contributed by atoms with Gasteiger partial charge in [-0.25, -0.2) is 14.8 Å². The number of benzene rings is 1. The first kappa shape index (κ1) is 28.8. The number of fused-ring (bicyclic) bond motifs is 1. The second-order valence-corrected chi connectivity index (χ2v) is 11.8. The van der Waals surface area contributed by atoms with E-state index in [0.717, 1.165) is 72.0 Å². The van der Waals surface area contributed by atoms with Crippen molar-refractivity contribution in [2.45, 2.75) is 59.7 Å². The summed E-state index contributed by atoms with van der Waals surface area (Å²) in [5.41, 5.74) is 4.82. The highest BCUT2D eigenvalue weighted by Crippen LogP contribution is 2.34. The molecule has 4 rings (SSSR count). The summed E-state index contributed by atoms with van der Waals surface area (Å²) in [6, 6.07) is 6.44. The molecule has 10 nitrogen and oxygen atoms in total. The smallest absolute Gasteiger partial charge is 0.410 e. The number of aryl methyl sites for hydroxylation is 1. The van der Waals surface area contributed by atoms with E-state index >= 15 is 0 Å². The molecule has 0 aliphatic carbocycles. The maximum absolute atomic E-state index is 12.4. The zero-order valence-corrected chi connectivity index (χ0v) is 24.8. The van der Waals surface area contributed by atoms with Gasteiger partial charge in [-0.15, -0.1) is 0 Å². The zero-order valence-electron chi connectivity index (χ0n) is 24.8. The van der Waals surface area contributed by atoms with Gasteiger partial charge in [0.05, 0.1) is 17.8 Å². The van der Waals surface area contributed by atoms with Crippen LogP contribution in [0.1, 0.15) is 39.1 Å². The Bertz CT molecular complexity index is 1290. The molecular formula is C29H44N8O2. The summed E-state index contributed by atoms with van der Waals surface area (Å²) < 4.78 is 7.62. The summed E-state index contributed by atoms with van der Waals surface area (Å²) in [4.78, 5) is 28.0. The predicted molar refractivity (Wildman–Crippen MR) is 156 cm³/mol. The number of carbonyl (C=O) groups is 1. The molecule has 39 heavy (non-hydrogen) atoms. The number of hydrogen-bond donors (Lipinski definition) is 1. The van der Waals surface area contributed by atoms with Crippen LogP contribution in [0.3, 0.4) is 0 Å². The molecule has 0 spiro atoms. The molecule has 1 fully saturated rings. The summed E-state index contributed by atoms with van der Waals surface area (Å²) in [5, 5.41) is 9.44. The number of aromatic nitrogens is 4. The van der Waals surface area contributed by atoms with Crippen molar-refractivity contribution in [2.75, 3.05) is 58.7 Å². The van der Waals surface area contributed by atoms with Crippen molar-refractivity contribution >= 4 is 22.8 Å². The molecule has 3 aromatic rings. The molecule has 1 atom stereocenters. The lowest BCUT2D eigenvalue weighted by Gasteiger charge is -2.36. The van der Waals surface area contributed by atoms with Gasteiger partial charge in [0.15, 0.2) is 0 Å². The highest BCUT2D eigenvalue weighted by atomic mass is 16.6. The fourth-order valence-electron chi connectivity index (χ4n) is 5.11. The number of amides is 1. The lowest BCUT2D eigenvalue weighted by atomic mass is 10.0. The van der Waals surface area contributed by atoms with Gasteiger partial charge in [-0.1, -0.05) is 12.1 Å². The second-order valence-electron chi connectivity index (χ2n) is 11.8. The van der Waals surface area contributed by atoms with Crippen LogP contribution in [0.25, 0.3) is 22.0 Å². The molecule has 2 aromatic heterocycles. The number of anilines is 1. The summed E-state index contributed by atoms with van der Waals surface area (Å²) in [7, 11) is 4.15. The molecule has 212 valence electrons. The average Bonchev–Trinajstić information content (AvgIpc) is 3.14. The first-order valence-corrected chi connectivity index (χ1v) is 13.8. The number of nitrogens with one attached hydrogen (secondary N) is 1. The van der Waals surface area contributed by atoms with Crippen molar-refractivity contribution in [3.05, 3.63) is 35.9 Å². The predicted octanol–water partition coefficient (Wildman–Crippen LogP) is 4.02. The number of rotatable bonds is 8. The molecule has 0 bridgehead atoms. The van der Waals surface area contributed by atoms with Crippen molar-refractivity contribution in [3.63, 3.8) is 0 Å². The van der Waals surface area contributed by atoms with E-state index in [1.807, 2.05) is 20.8 Å². The molecule has 3 heterocycles. The largest absolute Gasteiger partial charge is 0.444 e. The normalized spacial score (nSPS) is 15.7. The van der Waals surface area contributed by atoms with E-state index in [2.05, 4.69) is 77.8 Å². The van der Waals surface area contributed by atoms with Gasteiger partial charge in [0.2, 0.25) is 0 Å². The Morgan fingerprint density at radius 3 is 2.51 bits per heavy atom. The minimum Gasteiger partial charge on any atom is -0.444 e. The Morgan fingerprint density at radius 1 is 1.13 bits per heavy atom. The molecule has 1 N–H and O–H groups in total. The molecule has 1 saturated heterocycles. The molecule has 0 saturated carbocycles. The first-order chi connectivity index (χ1) is 18.4. The van der Waals surface area contributed by atoms with Gasteiger partial charge in [-0.05, 0) is 61.7 Å². The van der Waals surface area contributed by atoms with Crippen LogP contribution in [-0.4, -0.2) is 106 Å². The van der Waals surface area contributed by atoms with E-state index < -0.39 is 5.60 Å². The van der Waals surface area contributed by atoms with Crippen molar-refractivity contribution in [2.24, 2.45) is 0 Å². The lowest BCUT2D eigenvalue weighted by molar-refractivity contribution is 0.0144. The van der Waals surface area contributed by atoms with E-state index in [0.29, 0.717) is 13.1 Å². The summed E-state index contributed by atoms with van der Waals surface area (Å²) in [6.45, 7) is 17.7. The highest BCUT2D eigenvalue weighted by molar-refractivity contribution is 5.99. The Balaban J connectivity index is 1.45. The van der Waals surface area contributed by atoms with Crippen LogP contribution >= 0.6 is 0 Å². The van der Waals surface area contributed by atoms with E-state index in [1.54, 1.807) is 11.2 Å². The minimum atomic E-state index is -0.475. The van der Waals surface area contributed by atoms with Gasteiger partial charge in [0, 0.05) is 67.5 Å². The summed E-state index contributed by atoms with van der Waals surface area (Å²) in [5.74, 6) is 0.831. The standard InChI is InChI=1S/C29H44N8O2/c1-20(18-35-13-15-36(16-14-35)28(38)39-29(4,5)6)32-27-24-11-9-10-23(26(24)30-19-31-27)25-21(2)33-37(22(25)3)17-12-34(7)8/h9-11,19-20H,12-18H2,1-8H3,(H,30,31,32)/t20-/m0/s1. The van der Waals surface area contributed by atoms with Crippen molar-refractivity contribution in [3.8, 4) is 11.1 Å². The third kappa shape index (κ3) is 7.05. The monoisotopic (exact) mass is 536 g/mol. The summed E-state index contributed by atoms with van der Waals surface area (Å²) in [6.07, 6.45) is 1.41. The van der Waals surface area contributed by atoms with Crippen LogP contribution in [0.15, 0.2) is 24.5 Å². The topological polar surface area (TPSA) is 91.7 Å². The van der Waals surface area contributed by atoms with Crippen molar-refractivity contribution in [1.29, 1.82) is 0 Å². The molecule has 0 radical (unpaired) electrons. The van der Waals surface area contributed by atoms with Crippen LogP contribution in [0.4, 0.5) is 10.6 Å². The fraction of sp³-hybridized carbons (Fsp3) is 0.586. The van der Waals surface area contributed by atoms with Gasteiger partial charge in [-0.3, -0.25) is 9.58 Å². The number of ether oxygens (including phenoxy) is 1. The maximum Gasteiger partial charge on any atom is 0.410 e. The Hall–Kier alpha value is -3.24. The maximum atomic E-state index is 12.4. The highest BCUT2D eigenvalue weighted by Gasteiger charge is 2.26. The average molecular weight is 537 g/mol. The Kier molecular flexibility index (Phi) is 8.76. The van der Waals surface area contributed by atoms with Crippen molar-refractivity contribution < 1.29 is 9.53 Å². The Morgan fingerprint density at radius 2 is 1.85 bits per heavy atom. The minimum absolute atomic E-state index is 0.164. The number of carbonyl (C=O) groups excluding carboxylic acids is 1. The zero-order chi connectivity index (χ0) is 28.3. The molecule has 1 aliphatic heterocycles. The van der Waals surface area contributed by atoms with Gasteiger partial charge in [0.25, 0.3) is 0 Å². The number of piperazine rings is 1. The van der Waals surface area contributed by atoms with Gasteiger partial charge in [-0.2, -0.15) is 5.10 Å². The molecule has 0 unspecified atom stereocenters. The fourth-order valence-corrected chi connectivity index (χ4v) is 5.11. The van der Waals surface area contributed by atoms with Gasteiger partial charge < -0.3 is 19.9 Å². The van der Waals surface area contributed by atoms with Crippen LogP contribution in [0.5, 0.6) is 0 Å². The van der Waals surface area contributed by atoms with Crippen LogP contribution in [0, 0.1) is 13.8 Å². The summed E-state index contributed by atoms with van der Waals surface area (Å²) >= 11 is 0. The van der Waals surface area contributed by atoms with Crippen LogP contribution < -0.4 is 5.32 Å². The Labute approximate surface area is 232 Å². The van der Waals surface area contributed by atoms with Gasteiger partial charge >= 0.3 is 6.09 Å². The van der Waals surface area contributed by atoms with Gasteiger partial charge in [0.1, 0.15) is 17.7 Å².